The molecular weight excluding hydrogens is 242 g/mol. The number of nitrogens with two attached hydrogens (primary N) is 1. The van der Waals surface area contributed by atoms with Gasteiger partial charge in [-0.05, 0) is 19.1 Å². The molecule has 6 nitrogen and oxygen atoms in total. The quantitative estimate of drug-likeness (QED) is 0.376. The number of nitrogens with zero attached hydrogens (tertiary/aromatic N) is 4. The van der Waals surface area contributed by atoms with Crippen LogP contribution < -0.4 is 10.6 Å². The van der Waals surface area contributed by atoms with E-state index < -0.39 is 0 Å². The fourth-order valence-corrected chi connectivity index (χ4v) is 1.88. The van der Waals surface area contributed by atoms with E-state index in [1.165, 1.54) is 0 Å². The summed E-state index contributed by atoms with van der Waals surface area (Å²) in [5.74, 6) is 1.02. The monoisotopic (exact) mass is 259 g/mol. The van der Waals surface area contributed by atoms with Gasteiger partial charge in [0.05, 0.1) is 16.7 Å². The van der Waals surface area contributed by atoms with Crippen molar-refractivity contribution in [2.24, 2.45) is 10.9 Å². The Morgan fingerprint density at radius 1 is 1.32 bits per heavy atom. The molecule has 1 heterocycles. The van der Waals surface area contributed by atoms with Gasteiger partial charge in [0.25, 0.3) is 0 Å². The number of anilines is 1. The number of aromatic nitrogens is 2. The maximum atomic E-state index is 8.53. The molecule has 0 radical (unpaired) electrons. The number of rotatable bonds is 4. The predicted molar refractivity (Wildman–Crippen MR) is 75.6 cm³/mol. The molecule has 0 aliphatic heterocycles. The van der Waals surface area contributed by atoms with Crippen molar-refractivity contribution >= 4 is 22.7 Å². The lowest BCUT2D eigenvalue weighted by molar-refractivity contribution is 0.317. The summed E-state index contributed by atoms with van der Waals surface area (Å²) >= 11 is 0. The first-order valence-corrected chi connectivity index (χ1v) is 6.02. The zero-order chi connectivity index (χ0) is 13.8. The Bertz CT molecular complexity index is 611. The van der Waals surface area contributed by atoms with E-state index in [2.05, 4.69) is 15.1 Å². The second-order valence-corrected chi connectivity index (χ2v) is 4.38. The normalized spacial score (nSPS) is 11.8. The third-order valence-corrected chi connectivity index (χ3v) is 2.91. The van der Waals surface area contributed by atoms with Crippen molar-refractivity contribution in [3.63, 3.8) is 0 Å². The number of oxime groups is 1. The third-order valence-electron chi connectivity index (χ3n) is 2.91. The molecule has 0 fully saturated rings. The van der Waals surface area contributed by atoms with Gasteiger partial charge in [0.15, 0.2) is 5.82 Å². The van der Waals surface area contributed by atoms with Gasteiger partial charge in [-0.1, -0.05) is 17.3 Å². The van der Waals surface area contributed by atoms with Gasteiger partial charge in [0.2, 0.25) is 0 Å². The minimum absolute atomic E-state index is 0.207. The van der Waals surface area contributed by atoms with Crippen molar-refractivity contribution in [3.05, 3.63) is 30.0 Å². The largest absolute Gasteiger partial charge is 0.409 e. The van der Waals surface area contributed by atoms with Crippen LogP contribution in [0.2, 0.25) is 0 Å². The maximum Gasteiger partial charge on any atom is 0.150 e. The molecule has 3 N–H and O–H groups in total. The van der Waals surface area contributed by atoms with Crippen LogP contribution in [0.25, 0.3) is 11.0 Å². The minimum atomic E-state index is 0.207. The van der Waals surface area contributed by atoms with Gasteiger partial charge in [0.1, 0.15) is 5.84 Å². The molecule has 2 aromatic rings. The smallest absolute Gasteiger partial charge is 0.150 e. The Morgan fingerprint density at radius 3 is 2.58 bits per heavy atom. The average Bonchev–Trinajstić information content (AvgIpc) is 2.43. The highest BCUT2D eigenvalue weighted by molar-refractivity contribution is 5.80. The van der Waals surface area contributed by atoms with Crippen LogP contribution >= 0.6 is 0 Å². The van der Waals surface area contributed by atoms with E-state index >= 15 is 0 Å². The third kappa shape index (κ3) is 2.90. The predicted octanol–water partition coefficient (Wildman–Crippen LogP) is 1.51. The van der Waals surface area contributed by atoms with E-state index in [0.29, 0.717) is 13.0 Å². The van der Waals surface area contributed by atoms with Gasteiger partial charge in [-0.2, -0.15) is 0 Å². The molecule has 0 aliphatic rings. The number of fused-ring (bicyclic) bond motifs is 1. The van der Waals surface area contributed by atoms with E-state index in [1.807, 2.05) is 43.1 Å². The summed E-state index contributed by atoms with van der Waals surface area (Å²) in [7, 11) is 1.91. The number of para-hydroxylation sites is 2. The standard InChI is InChI=1S/C13H17N5O/c1-9-13(18(2)8-7-12(14)17-19)16-11-6-4-3-5-10(11)15-9/h3-6,19H,7-8H2,1-2H3,(H2,14,17). The Morgan fingerprint density at radius 2 is 1.95 bits per heavy atom. The lowest BCUT2D eigenvalue weighted by atomic mass is 10.2. The van der Waals surface area contributed by atoms with E-state index in [0.717, 1.165) is 22.5 Å². The van der Waals surface area contributed by atoms with Crippen LogP contribution in [0.5, 0.6) is 0 Å². The van der Waals surface area contributed by atoms with E-state index in [-0.39, 0.29) is 5.84 Å². The highest BCUT2D eigenvalue weighted by Gasteiger charge is 2.10. The second kappa shape index (κ2) is 5.51. The van der Waals surface area contributed by atoms with Crippen LogP contribution in [0.4, 0.5) is 5.82 Å². The van der Waals surface area contributed by atoms with E-state index in [9.17, 15) is 0 Å². The number of hydrogen-bond donors (Lipinski definition) is 2. The topological polar surface area (TPSA) is 87.6 Å². The molecule has 0 spiro atoms. The summed E-state index contributed by atoms with van der Waals surface area (Å²) in [4.78, 5) is 11.1. The molecule has 1 aromatic carbocycles. The average molecular weight is 259 g/mol. The molecule has 1 aromatic heterocycles. The summed E-state index contributed by atoms with van der Waals surface area (Å²) in [6, 6.07) is 7.75. The minimum Gasteiger partial charge on any atom is -0.409 e. The Labute approximate surface area is 111 Å². The van der Waals surface area contributed by atoms with Gasteiger partial charge >= 0.3 is 0 Å². The Hall–Kier alpha value is -2.37. The van der Waals surface area contributed by atoms with Crippen molar-refractivity contribution in [1.82, 2.24) is 9.97 Å². The summed E-state index contributed by atoms with van der Waals surface area (Å²) < 4.78 is 0. The molecule has 19 heavy (non-hydrogen) atoms. The molecular formula is C13H17N5O. The Kier molecular flexibility index (Phi) is 3.79. The lowest BCUT2D eigenvalue weighted by Gasteiger charge is -2.19. The zero-order valence-corrected chi connectivity index (χ0v) is 11.0. The zero-order valence-electron chi connectivity index (χ0n) is 11.0. The number of amidine groups is 1. The first-order chi connectivity index (χ1) is 9.11. The van der Waals surface area contributed by atoms with Gasteiger partial charge in [0, 0.05) is 20.0 Å². The van der Waals surface area contributed by atoms with Crippen molar-refractivity contribution in [2.75, 3.05) is 18.5 Å². The second-order valence-electron chi connectivity index (χ2n) is 4.38. The van der Waals surface area contributed by atoms with Crippen LogP contribution in [-0.2, 0) is 0 Å². The van der Waals surface area contributed by atoms with Crippen LogP contribution in [0, 0.1) is 6.92 Å². The maximum absolute atomic E-state index is 8.53. The molecule has 100 valence electrons. The molecule has 0 bridgehead atoms. The fraction of sp³-hybridized carbons (Fsp3) is 0.308. The highest BCUT2D eigenvalue weighted by atomic mass is 16.4. The van der Waals surface area contributed by atoms with Gasteiger partial charge < -0.3 is 15.8 Å². The van der Waals surface area contributed by atoms with E-state index in [4.69, 9.17) is 10.9 Å². The number of aryl methyl sites for hydroxylation is 1. The van der Waals surface area contributed by atoms with Gasteiger partial charge in [-0.25, -0.2) is 9.97 Å². The molecule has 0 saturated carbocycles. The summed E-state index contributed by atoms with van der Waals surface area (Å²) in [5.41, 5.74) is 8.07. The van der Waals surface area contributed by atoms with Crippen LogP contribution in [0.1, 0.15) is 12.1 Å². The van der Waals surface area contributed by atoms with Crippen molar-refractivity contribution in [3.8, 4) is 0 Å². The van der Waals surface area contributed by atoms with Crippen molar-refractivity contribution in [2.45, 2.75) is 13.3 Å². The molecule has 0 unspecified atom stereocenters. The molecule has 2 rings (SSSR count). The molecule has 0 saturated heterocycles. The van der Waals surface area contributed by atoms with Crippen molar-refractivity contribution < 1.29 is 5.21 Å². The summed E-state index contributed by atoms with van der Waals surface area (Å²) in [6.45, 7) is 2.54. The highest BCUT2D eigenvalue weighted by Crippen LogP contribution is 2.18. The number of hydrogen-bond acceptors (Lipinski definition) is 5. The van der Waals surface area contributed by atoms with E-state index in [1.54, 1.807) is 0 Å². The Balaban J connectivity index is 2.26. The SMILES string of the molecule is Cc1nc2ccccc2nc1N(C)CC/C(N)=N/O. The van der Waals surface area contributed by atoms with Crippen LogP contribution in [0.15, 0.2) is 29.4 Å². The molecule has 6 heteroatoms. The summed E-state index contributed by atoms with van der Waals surface area (Å²) in [5, 5.41) is 11.5. The lowest BCUT2D eigenvalue weighted by Crippen LogP contribution is -2.26. The fourth-order valence-electron chi connectivity index (χ4n) is 1.88. The number of benzene rings is 1. The summed E-state index contributed by atoms with van der Waals surface area (Å²) in [6.07, 6.45) is 0.473. The molecule has 0 amide bonds. The van der Waals surface area contributed by atoms with Crippen LogP contribution in [-0.4, -0.2) is 34.6 Å². The van der Waals surface area contributed by atoms with Crippen LogP contribution in [0.3, 0.4) is 0 Å². The molecule has 0 aliphatic carbocycles. The first kappa shape index (κ1) is 13.1. The van der Waals surface area contributed by atoms with Crippen molar-refractivity contribution in [1.29, 1.82) is 0 Å². The van der Waals surface area contributed by atoms with Gasteiger partial charge in [-0.15, -0.1) is 0 Å². The first-order valence-electron chi connectivity index (χ1n) is 6.02. The van der Waals surface area contributed by atoms with Gasteiger partial charge in [-0.3, -0.25) is 0 Å². The molecule has 0 atom stereocenters.